The van der Waals surface area contributed by atoms with E-state index in [1.165, 1.54) is 5.69 Å². The van der Waals surface area contributed by atoms with Gasteiger partial charge in [-0.2, -0.15) is 5.10 Å². The summed E-state index contributed by atoms with van der Waals surface area (Å²) in [6, 6.07) is 1.85. The quantitative estimate of drug-likeness (QED) is 0.730. The molecule has 0 bridgehead atoms. The Hall–Kier alpha value is -1.58. The zero-order chi connectivity index (χ0) is 10.1. The minimum absolute atomic E-state index is 0.419. The molecule has 0 aliphatic carbocycles. The minimum atomic E-state index is 0.419. The lowest BCUT2D eigenvalue weighted by atomic mass is 10.0. The van der Waals surface area contributed by atoms with Gasteiger partial charge in [0.05, 0.1) is 23.7 Å². The Labute approximate surface area is 82.5 Å². The summed E-state index contributed by atoms with van der Waals surface area (Å²) in [7, 11) is 1.94. The van der Waals surface area contributed by atoms with Crippen molar-refractivity contribution in [3.8, 4) is 11.3 Å². The minimum Gasteiger partial charge on any atom is -0.356 e. The first-order valence-electron chi connectivity index (χ1n) is 4.63. The van der Waals surface area contributed by atoms with Gasteiger partial charge in [-0.3, -0.25) is 4.68 Å². The molecule has 2 rings (SSSR count). The SMILES string of the molecule is CC(C)c1c(-c2ccno2)cnn1C. The number of nitrogens with zero attached hydrogens (tertiary/aromatic N) is 3. The molecule has 2 heterocycles. The van der Waals surface area contributed by atoms with Gasteiger partial charge in [0.1, 0.15) is 0 Å². The first-order valence-corrected chi connectivity index (χ1v) is 4.63. The number of aromatic nitrogens is 3. The van der Waals surface area contributed by atoms with E-state index in [4.69, 9.17) is 4.52 Å². The maximum absolute atomic E-state index is 5.12. The fourth-order valence-corrected chi connectivity index (χ4v) is 1.68. The van der Waals surface area contributed by atoms with Gasteiger partial charge < -0.3 is 4.52 Å². The van der Waals surface area contributed by atoms with Crippen LogP contribution in [0.5, 0.6) is 0 Å². The molecule has 0 unspecified atom stereocenters. The largest absolute Gasteiger partial charge is 0.356 e. The van der Waals surface area contributed by atoms with Crippen LogP contribution in [0.1, 0.15) is 25.5 Å². The molecule has 14 heavy (non-hydrogen) atoms. The Balaban J connectivity index is 2.54. The molecular formula is C10H13N3O. The highest BCUT2D eigenvalue weighted by molar-refractivity contribution is 5.59. The molecule has 0 fully saturated rings. The number of rotatable bonds is 2. The fourth-order valence-electron chi connectivity index (χ4n) is 1.68. The number of aryl methyl sites for hydroxylation is 1. The van der Waals surface area contributed by atoms with E-state index in [1.54, 1.807) is 6.20 Å². The van der Waals surface area contributed by atoms with Crippen molar-refractivity contribution in [3.05, 3.63) is 24.2 Å². The van der Waals surface area contributed by atoms with Crippen LogP contribution in [0.4, 0.5) is 0 Å². The molecule has 0 N–H and O–H groups in total. The predicted octanol–water partition coefficient (Wildman–Crippen LogP) is 2.20. The lowest BCUT2D eigenvalue weighted by Crippen LogP contribution is -2.00. The summed E-state index contributed by atoms with van der Waals surface area (Å²) < 4.78 is 7.00. The summed E-state index contributed by atoms with van der Waals surface area (Å²) in [4.78, 5) is 0. The topological polar surface area (TPSA) is 43.9 Å². The van der Waals surface area contributed by atoms with E-state index in [9.17, 15) is 0 Å². The predicted molar refractivity (Wildman–Crippen MR) is 52.8 cm³/mol. The van der Waals surface area contributed by atoms with Crippen LogP contribution < -0.4 is 0 Å². The third-order valence-electron chi connectivity index (χ3n) is 2.23. The zero-order valence-electron chi connectivity index (χ0n) is 8.56. The Morgan fingerprint density at radius 1 is 1.43 bits per heavy atom. The molecule has 0 saturated heterocycles. The van der Waals surface area contributed by atoms with Gasteiger partial charge in [0.2, 0.25) is 0 Å². The second-order valence-electron chi connectivity index (χ2n) is 3.60. The molecule has 4 nitrogen and oxygen atoms in total. The van der Waals surface area contributed by atoms with E-state index in [2.05, 4.69) is 24.1 Å². The van der Waals surface area contributed by atoms with Crippen molar-refractivity contribution in [1.82, 2.24) is 14.9 Å². The van der Waals surface area contributed by atoms with Crippen LogP contribution in [-0.2, 0) is 7.05 Å². The van der Waals surface area contributed by atoms with Crippen molar-refractivity contribution in [2.45, 2.75) is 19.8 Å². The van der Waals surface area contributed by atoms with Crippen LogP contribution in [0, 0.1) is 0 Å². The summed E-state index contributed by atoms with van der Waals surface area (Å²) in [6.45, 7) is 4.27. The van der Waals surface area contributed by atoms with Crippen molar-refractivity contribution in [3.63, 3.8) is 0 Å². The maximum atomic E-state index is 5.12. The van der Waals surface area contributed by atoms with E-state index in [0.717, 1.165) is 11.3 Å². The highest BCUT2D eigenvalue weighted by atomic mass is 16.5. The second kappa shape index (κ2) is 3.29. The molecule has 0 atom stereocenters. The van der Waals surface area contributed by atoms with Gasteiger partial charge in [-0.1, -0.05) is 19.0 Å². The van der Waals surface area contributed by atoms with Crippen LogP contribution in [0.25, 0.3) is 11.3 Å². The molecule has 2 aromatic heterocycles. The monoisotopic (exact) mass is 191 g/mol. The molecule has 0 aliphatic rings. The van der Waals surface area contributed by atoms with Crippen molar-refractivity contribution in [2.24, 2.45) is 7.05 Å². The van der Waals surface area contributed by atoms with Crippen LogP contribution >= 0.6 is 0 Å². The third kappa shape index (κ3) is 1.32. The normalized spacial score (nSPS) is 11.1. The van der Waals surface area contributed by atoms with E-state index in [-0.39, 0.29) is 0 Å². The van der Waals surface area contributed by atoms with Crippen molar-refractivity contribution in [1.29, 1.82) is 0 Å². The van der Waals surface area contributed by atoms with Gasteiger partial charge in [-0.25, -0.2) is 0 Å². The van der Waals surface area contributed by atoms with Crippen LogP contribution in [-0.4, -0.2) is 14.9 Å². The Bertz CT molecular complexity index is 415. The fraction of sp³-hybridized carbons (Fsp3) is 0.400. The molecule has 0 aliphatic heterocycles. The first-order chi connectivity index (χ1) is 6.70. The van der Waals surface area contributed by atoms with Gasteiger partial charge >= 0.3 is 0 Å². The highest BCUT2D eigenvalue weighted by Crippen LogP contribution is 2.27. The van der Waals surface area contributed by atoms with Crippen LogP contribution in [0.2, 0.25) is 0 Å². The smallest absolute Gasteiger partial charge is 0.170 e. The summed E-state index contributed by atoms with van der Waals surface area (Å²) in [6.07, 6.45) is 3.46. The Morgan fingerprint density at radius 3 is 2.79 bits per heavy atom. The number of hydrogen-bond donors (Lipinski definition) is 0. The van der Waals surface area contributed by atoms with Crippen molar-refractivity contribution < 1.29 is 4.52 Å². The van der Waals surface area contributed by atoms with Crippen LogP contribution in [0.3, 0.4) is 0 Å². The molecule has 4 heteroatoms. The van der Waals surface area contributed by atoms with Crippen molar-refractivity contribution in [2.75, 3.05) is 0 Å². The van der Waals surface area contributed by atoms with Gasteiger partial charge in [-0.15, -0.1) is 0 Å². The molecular weight excluding hydrogens is 178 g/mol. The highest BCUT2D eigenvalue weighted by Gasteiger charge is 2.15. The van der Waals surface area contributed by atoms with Crippen molar-refractivity contribution >= 4 is 0 Å². The average Bonchev–Trinajstić information content (AvgIpc) is 2.70. The summed E-state index contributed by atoms with van der Waals surface area (Å²) in [5.74, 6) is 1.20. The standard InChI is InChI=1S/C10H13N3O/c1-7(2)10-8(6-11-13(10)3)9-4-5-12-14-9/h4-7H,1-3H3. The maximum Gasteiger partial charge on any atom is 0.170 e. The molecule has 0 radical (unpaired) electrons. The Kier molecular flexibility index (Phi) is 2.11. The molecule has 0 amide bonds. The summed E-state index contributed by atoms with van der Waals surface area (Å²) in [5, 5.41) is 7.92. The van der Waals surface area contributed by atoms with E-state index in [0.29, 0.717) is 5.92 Å². The van der Waals surface area contributed by atoms with E-state index >= 15 is 0 Å². The van der Waals surface area contributed by atoms with Gasteiger partial charge in [0.15, 0.2) is 5.76 Å². The van der Waals surface area contributed by atoms with Gasteiger partial charge in [-0.05, 0) is 5.92 Å². The van der Waals surface area contributed by atoms with Gasteiger partial charge in [0.25, 0.3) is 0 Å². The second-order valence-corrected chi connectivity index (χ2v) is 3.60. The van der Waals surface area contributed by atoms with E-state index < -0.39 is 0 Å². The lowest BCUT2D eigenvalue weighted by Gasteiger charge is -2.07. The molecule has 0 spiro atoms. The zero-order valence-corrected chi connectivity index (χ0v) is 8.56. The first kappa shape index (κ1) is 8.99. The van der Waals surface area contributed by atoms with E-state index in [1.807, 2.05) is 24.0 Å². The summed E-state index contributed by atoms with van der Waals surface area (Å²) >= 11 is 0. The lowest BCUT2D eigenvalue weighted by molar-refractivity contribution is 0.431. The van der Waals surface area contributed by atoms with Crippen LogP contribution in [0.15, 0.2) is 23.0 Å². The summed E-state index contributed by atoms with van der Waals surface area (Å²) in [5.41, 5.74) is 2.20. The average molecular weight is 191 g/mol. The molecule has 2 aromatic rings. The Morgan fingerprint density at radius 2 is 2.21 bits per heavy atom. The third-order valence-corrected chi connectivity index (χ3v) is 2.23. The molecule has 0 aromatic carbocycles. The molecule has 0 saturated carbocycles. The molecule has 74 valence electrons. The number of hydrogen-bond acceptors (Lipinski definition) is 3. The van der Waals surface area contributed by atoms with Gasteiger partial charge in [0, 0.05) is 13.1 Å².